The van der Waals surface area contributed by atoms with Crippen LogP contribution in [0.4, 0.5) is 0 Å². The first kappa shape index (κ1) is 15.8. The third-order valence-corrected chi connectivity index (χ3v) is 4.28. The molecule has 0 radical (unpaired) electrons. The van der Waals surface area contributed by atoms with E-state index in [2.05, 4.69) is 0 Å². The zero-order valence-electron chi connectivity index (χ0n) is 13.7. The van der Waals surface area contributed by atoms with Crippen LogP contribution in [0.5, 0.6) is 23.0 Å². The van der Waals surface area contributed by atoms with Gasteiger partial charge in [-0.2, -0.15) is 0 Å². The Hall–Kier alpha value is -3.67. The summed E-state index contributed by atoms with van der Waals surface area (Å²) in [4.78, 5) is 11.8. The summed E-state index contributed by atoms with van der Waals surface area (Å²) >= 11 is 0. The van der Waals surface area contributed by atoms with Gasteiger partial charge in [-0.25, -0.2) is 0 Å². The number of phenolic OH excluding ortho intramolecular Hbond substituents is 3. The molecular formula is C20H14O6. The molecule has 0 bridgehead atoms. The molecule has 0 atom stereocenters. The highest BCUT2D eigenvalue weighted by molar-refractivity contribution is 6.03. The van der Waals surface area contributed by atoms with Crippen molar-refractivity contribution in [1.82, 2.24) is 0 Å². The molecule has 0 unspecified atom stereocenters. The SMILES string of the molecule is COc1ccc(-c2c3cc(O)c(=O)cc-3oc3cc(O)c(O)cc23)cc1. The molecule has 3 N–H and O–H groups in total. The fourth-order valence-electron chi connectivity index (χ4n) is 3.00. The third kappa shape index (κ3) is 2.39. The van der Waals surface area contributed by atoms with Gasteiger partial charge in [-0.15, -0.1) is 0 Å². The van der Waals surface area contributed by atoms with Crippen LogP contribution in [0.2, 0.25) is 0 Å². The van der Waals surface area contributed by atoms with Crippen LogP contribution in [0.15, 0.2) is 57.7 Å². The molecule has 0 saturated heterocycles. The van der Waals surface area contributed by atoms with Crippen molar-refractivity contribution in [2.75, 3.05) is 7.11 Å². The Labute approximate surface area is 147 Å². The van der Waals surface area contributed by atoms with Gasteiger partial charge in [0.2, 0.25) is 5.43 Å². The van der Waals surface area contributed by atoms with E-state index in [0.29, 0.717) is 27.8 Å². The molecule has 2 aromatic rings. The largest absolute Gasteiger partial charge is 0.504 e. The molecule has 2 aromatic carbocycles. The molecule has 0 amide bonds. The minimum atomic E-state index is -0.565. The Balaban J connectivity index is 2.16. The summed E-state index contributed by atoms with van der Waals surface area (Å²) < 4.78 is 10.9. The van der Waals surface area contributed by atoms with Gasteiger partial charge in [-0.05, 0) is 29.8 Å². The predicted octanol–water partition coefficient (Wildman–Crippen LogP) is 3.69. The van der Waals surface area contributed by atoms with Crippen molar-refractivity contribution in [3.63, 3.8) is 0 Å². The van der Waals surface area contributed by atoms with Crippen molar-refractivity contribution in [1.29, 1.82) is 0 Å². The van der Waals surface area contributed by atoms with Crippen molar-refractivity contribution in [2.24, 2.45) is 0 Å². The normalized spacial score (nSPS) is 11.1. The molecule has 1 aliphatic heterocycles. The van der Waals surface area contributed by atoms with Crippen LogP contribution >= 0.6 is 0 Å². The number of hydrogen-bond acceptors (Lipinski definition) is 6. The van der Waals surface area contributed by atoms with Crippen molar-refractivity contribution in [3.8, 4) is 45.4 Å². The number of fused-ring (bicyclic) bond motifs is 2. The average Bonchev–Trinajstić information content (AvgIpc) is 2.63. The van der Waals surface area contributed by atoms with E-state index in [1.54, 1.807) is 19.2 Å². The van der Waals surface area contributed by atoms with E-state index in [1.807, 2.05) is 12.1 Å². The maximum absolute atomic E-state index is 11.8. The van der Waals surface area contributed by atoms with Gasteiger partial charge in [0.1, 0.15) is 17.1 Å². The standard InChI is InChI=1S/C20H14O6/c1-25-11-4-2-10(3-5-11)20-12-6-14(21)16(23)8-18(12)26-19-9-17(24)15(22)7-13(19)20/h2-9,21-23H,1H3. The van der Waals surface area contributed by atoms with Crippen molar-refractivity contribution >= 4 is 11.0 Å². The highest BCUT2D eigenvalue weighted by atomic mass is 16.5. The van der Waals surface area contributed by atoms with E-state index < -0.39 is 11.2 Å². The lowest BCUT2D eigenvalue weighted by atomic mass is 9.93. The zero-order valence-corrected chi connectivity index (χ0v) is 13.7. The minimum Gasteiger partial charge on any atom is -0.504 e. The molecule has 130 valence electrons. The highest BCUT2D eigenvalue weighted by Crippen LogP contribution is 2.43. The maximum atomic E-state index is 11.8. The lowest BCUT2D eigenvalue weighted by molar-refractivity contribution is 0.404. The van der Waals surface area contributed by atoms with E-state index in [4.69, 9.17) is 9.15 Å². The number of ether oxygens (including phenoxy) is 1. The fourth-order valence-corrected chi connectivity index (χ4v) is 3.00. The minimum absolute atomic E-state index is 0.260. The lowest BCUT2D eigenvalue weighted by Crippen LogP contribution is -2.01. The van der Waals surface area contributed by atoms with Gasteiger partial charge in [0.15, 0.2) is 17.2 Å². The van der Waals surface area contributed by atoms with E-state index in [0.717, 1.165) is 5.56 Å². The second-order valence-corrected chi connectivity index (χ2v) is 5.86. The number of hydrogen-bond donors (Lipinski definition) is 3. The molecule has 0 fully saturated rings. The van der Waals surface area contributed by atoms with E-state index in [9.17, 15) is 20.1 Å². The topological polar surface area (TPSA) is 100 Å². The van der Waals surface area contributed by atoms with Crippen LogP contribution in [0.25, 0.3) is 33.4 Å². The van der Waals surface area contributed by atoms with E-state index in [-0.39, 0.29) is 17.3 Å². The Morgan fingerprint density at radius 1 is 0.885 bits per heavy atom. The predicted molar refractivity (Wildman–Crippen MR) is 96.1 cm³/mol. The monoisotopic (exact) mass is 350 g/mol. The third-order valence-electron chi connectivity index (χ3n) is 4.28. The molecule has 4 rings (SSSR count). The first-order chi connectivity index (χ1) is 12.5. The summed E-state index contributed by atoms with van der Waals surface area (Å²) in [6.07, 6.45) is 0. The Morgan fingerprint density at radius 2 is 1.58 bits per heavy atom. The molecule has 1 heterocycles. The van der Waals surface area contributed by atoms with Crippen molar-refractivity contribution in [3.05, 3.63) is 58.8 Å². The van der Waals surface area contributed by atoms with Crippen LogP contribution in [0.3, 0.4) is 0 Å². The first-order valence-corrected chi connectivity index (χ1v) is 7.78. The summed E-state index contributed by atoms with van der Waals surface area (Å²) in [5.74, 6) is -0.0944. The molecule has 26 heavy (non-hydrogen) atoms. The first-order valence-electron chi connectivity index (χ1n) is 7.78. The number of aromatic hydroxyl groups is 3. The Morgan fingerprint density at radius 3 is 2.27 bits per heavy atom. The van der Waals surface area contributed by atoms with Crippen LogP contribution in [-0.4, -0.2) is 22.4 Å². The van der Waals surface area contributed by atoms with Crippen LogP contribution < -0.4 is 10.2 Å². The fraction of sp³-hybridized carbons (Fsp3) is 0.0500. The highest BCUT2D eigenvalue weighted by Gasteiger charge is 2.20. The smallest absolute Gasteiger partial charge is 0.223 e. The molecule has 1 aliphatic carbocycles. The molecular weight excluding hydrogens is 336 g/mol. The summed E-state index contributed by atoms with van der Waals surface area (Å²) in [6, 6.07) is 12.4. The van der Waals surface area contributed by atoms with Gasteiger partial charge < -0.3 is 24.5 Å². The van der Waals surface area contributed by atoms with Crippen LogP contribution in [0.1, 0.15) is 0 Å². The van der Waals surface area contributed by atoms with Crippen molar-refractivity contribution in [2.45, 2.75) is 0 Å². The number of phenols is 3. The summed E-state index contributed by atoms with van der Waals surface area (Å²) in [5, 5.41) is 30.1. The van der Waals surface area contributed by atoms with Gasteiger partial charge >= 0.3 is 0 Å². The molecule has 0 spiro atoms. The van der Waals surface area contributed by atoms with Gasteiger partial charge in [-0.1, -0.05) is 12.1 Å². The molecule has 6 heteroatoms. The number of methoxy groups -OCH3 is 1. The molecule has 0 saturated carbocycles. The van der Waals surface area contributed by atoms with Gasteiger partial charge in [0.25, 0.3) is 0 Å². The maximum Gasteiger partial charge on any atom is 0.223 e. The second kappa shape index (κ2) is 5.70. The number of benzene rings is 3. The van der Waals surface area contributed by atoms with Crippen LogP contribution in [0, 0.1) is 0 Å². The average molecular weight is 350 g/mol. The van der Waals surface area contributed by atoms with Gasteiger partial charge in [-0.3, -0.25) is 4.79 Å². The van der Waals surface area contributed by atoms with Gasteiger partial charge in [0.05, 0.1) is 7.11 Å². The molecule has 2 aliphatic rings. The summed E-state index contributed by atoms with van der Waals surface area (Å²) in [7, 11) is 1.57. The molecule has 0 aromatic heterocycles. The lowest BCUT2D eigenvalue weighted by Gasteiger charge is -2.16. The quantitative estimate of drug-likeness (QED) is 0.377. The number of rotatable bonds is 2. The summed E-state index contributed by atoms with van der Waals surface area (Å²) in [5.41, 5.74) is 1.65. The van der Waals surface area contributed by atoms with Gasteiger partial charge in [0, 0.05) is 28.6 Å². The Bertz CT molecular complexity index is 1160. The second-order valence-electron chi connectivity index (χ2n) is 5.86. The van der Waals surface area contributed by atoms with E-state index in [1.165, 1.54) is 24.3 Å². The van der Waals surface area contributed by atoms with Crippen LogP contribution in [-0.2, 0) is 0 Å². The Kier molecular flexibility index (Phi) is 3.47. The van der Waals surface area contributed by atoms with Crippen molar-refractivity contribution < 1.29 is 24.5 Å². The zero-order chi connectivity index (χ0) is 18.4. The molecule has 6 nitrogen and oxygen atoms in total. The summed E-state index contributed by atoms with van der Waals surface area (Å²) in [6.45, 7) is 0. The van der Waals surface area contributed by atoms with E-state index >= 15 is 0 Å².